The normalized spacial score (nSPS) is 22.4. The number of Topliss-reactive ketones (excluding diaryl/α,β-unsaturated/α-hetero) is 2. The van der Waals surface area contributed by atoms with Crippen molar-refractivity contribution in [2.45, 2.75) is 193 Å². The summed E-state index contributed by atoms with van der Waals surface area (Å²) in [6.07, 6.45) is -7.00. The van der Waals surface area contributed by atoms with Crippen molar-refractivity contribution in [1.82, 2.24) is 60.3 Å². The van der Waals surface area contributed by atoms with Gasteiger partial charge < -0.3 is 102 Å². The van der Waals surface area contributed by atoms with E-state index in [1.807, 2.05) is 32.0 Å². The number of carbonyl (C=O) groups is 6. The maximum Gasteiger partial charge on any atom is 0.481 e. The van der Waals surface area contributed by atoms with Gasteiger partial charge in [0.15, 0.2) is 35.4 Å². The van der Waals surface area contributed by atoms with E-state index in [4.69, 9.17) is 39.0 Å². The van der Waals surface area contributed by atoms with Gasteiger partial charge in [-0.05, 0) is 62.5 Å². The predicted octanol–water partition coefficient (Wildman–Crippen LogP) is 1.67. The summed E-state index contributed by atoms with van der Waals surface area (Å²) in [5, 5.41) is 53.6. The van der Waals surface area contributed by atoms with Crippen molar-refractivity contribution in [2.24, 2.45) is 21.7 Å². The number of imidazole rings is 2. The van der Waals surface area contributed by atoms with E-state index in [2.05, 4.69) is 74.9 Å². The van der Waals surface area contributed by atoms with Gasteiger partial charge in [-0.3, -0.25) is 65.0 Å². The average molecular weight is 1800 g/mol. The van der Waals surface area contributed by atoms with E-state index in [0.717, 1.165) is 96.9 Å². The van der Waals surface area contributed by atoms with Crippen LogP contribution in [0.15, 0.2) is 49.6 Å². The van der Waals surface area contributed by atoms with Crippen molar-refractivity contribution >= 4 is 116 Å². The zero-order valence-electron chi connectivity index (χ0n) is 64.7. The van der Waals surface area contributed by atoms with Crippen molar-refractivity contribution in [3.63, 3.8) is 0 Å². The van der Waals surface area contributed by atoms with Crippen LogP contribution in [0.3, 0.4) is 0 Å². The number of nitrogen functional groups attached to an aromatic ring is 2. The van der Waals surface area contributed by atoms with Crippen LogP contribution in [0.25, 0.3) is 22.3 Å². The maximum absolute atomic E-state index is 13.4. The molecule has 660 valence electrons. The van der Waals surface area contributed by atoms with E-state index < -0.39 is 180 Å². The van der Waals surface area contributed by atoms with E-state index in [0.29, 0.717) is 12.8 Å². The van der Waals surface area contributed by atoms with Gasteiger partial charge in [0, 0.05) is 73.5 Å². The number of anilines is 2. The molecule has 3 aliphatic rings. The molecule has 54 heteroatoms. The Morgan fingerprint density at radius 2 is 0.949 bits per heavy atom. The minimum atomic E-state index is -5.65. The van der Waals surface area contributed by atoms with Crippen molar-refractivity contribution in [2.75, 3.05) is 64.1 Å². The third kappa shape index (κ3) is 28.1. The van der Waals surface area contributed by atoms with Gasteiger partial charge in [0.1, 0.15) is 84.1 Å². The van der Waals surface area contributed by atoms with Crippen LogP contribution in [0.1, 0.15) is 142 Å². The molecule has 8 rings (SSSR count). The summed E-state index contributed by atoms with van der Waals surface area (Å²) in [5.41, 5.74) is 9.45. The van der Waals surface area contributed by atoms with Crippen molar-refractivity contribution < 1.29 is 161 Å². The number of fused-ring (bicyclic) bond motifs is 2. The summed E-state index contributed by atoms with van der Waals surface area (Å²) in [7, 11) is -33.2. The second-order valence-electron chi connectivity index (χ2n) is 30.4. The van der Waals surface area contributed by atoms with Gasteiger partial charge in [-0.2, -0.15) is 8.62 Å². The van der Waals surface area contributed by atoms with Crippen LogP contribution in [0.4, 0.5) is 11.6 Å². The highest BCUT2D eigenvalue weighted by atomic mass is 31.3. The number of hydrogen-bond donors (Lipinski definition) is 18. The quantitative estimate of drug-likeness (QED) is 0.0194. The lowest BCUT2D eigenvalue weighted by Gasteiger charge is -2.30. The highest BCUT2D eigenvalue weighted by Gasteiger charge is 2.53. The molecule has 5 aromatic rings. The smallest absolute Gasteiger partial charge is 0.386 e. The van der Waals surface area contributed by atoms with Crippen LogP contribution in [-0.4, -0.2) is 235 Å². The Kier molecular flexibility index (Phi) is 33.2. The van der Waals surface area contributed by atoms with Gasteiger partial charge in [-0.25, -0.2) is 57.3 Å². The van der Waals surface area contributed by atoms with Gasteiger partial charge in [-0.15, -0.1) is 0 Å². The van der Waals surface area contributed by atoms with E-state index in [1.165, 1.54) is 27.7 Å². The number of ketones is 2. The second-order valence-corrected chi connectivity index (χ2v) is 38.9. The number of aliphatic hydroxyl groups excluding tert-OH is 4. The fourth-order valence-corrected chi connectivity index (χ4v) is 18.4. The molecule has 0 bridgehead atoms. The van der Waals surface area contributed by atoms with Gasteiger partial charge >= 0.3 is 46.9 Å². The number of carbonyl (C=O) groups excluding carboxylic acids is 6. The third-order valence-electron chi connectivity index (χ3n) is 19.6. The molecular formula is C64H100N14O34P6. The largest absolute Gasteiger partial charge is 0.481 e. The van der Waals surface area contributed by atoms with Crippen molar-refractivity contribution in [3.8, 4) is 0 Å². The van der Waals surface area contributed by atoms with Crippen LogP contribution in [0.5, 0.6) is 0 Å². The molecule has 0 spiro atoms. The molecule has 118 heavy (non-hydrogen) atoms. The first kappa shape index (κ1) is 97.1. The number of ether oxygens (including phenoxy) is 2. The summed E-state index contributed by atoms with van der Waals surface area (Å²) in [4.78, 5) is 181. The van der Waals surface area contributed by atoms with E-state index in [1.54, 1.807) is 0 Å². The molecule has 3 fully saturated rings. The molecule has 48 nitrogen and oxygen atoms in total. The molecule has 6 heterocycles. The number of aromatic nitrogens is 8. The van der Waals surface area contributed by atoms with Crippen LogP contribution in [0, 0.1) is 21.7 Å². The predicted molar refractivity (Wildman–Crippen MR) is 406 cm³/mol. The molecule has 0 radical (unpaired) electrons. The van der Waals surface area contributed by atoms with E-state index >= 15 is 0 Å². The number of benzene rings is 1. The summed E-state index contributed by atoms with van der Waals surface area (Å²) in [5.74, 6) is -3.28. The molecule has 1 saturated carbocycles. The zero-order chi connectivity index (χ0) is 87.4. The topological polar surface area (TPSA) is 727 Å². The Hall–Kier alpha value is -6.36. The number of unbranched alkanes of at least 4 members (excludes halogenated alkanes) is 2. The number of amides is 4. The summed E-state index contributed by atoms with van der Waals surface area (Å²) < 4.78 is 126. The second kappa shape index (κ2) is 40.3. The first-order valence-electron chi connectivity index (χ1n) is 36.7. The van der Waals surface area contributed by atoms with Crippen molar-refractivity contribution in [3.05, 3.63) is 60.7 Å². The molecule has 14 unspecified atom stereocenters. The summed E-state index contributed by atoms with van der Waals surface area (Å²) in [6, 6.07) is 8.21. The molecule has 1 aliphatic carbocycles. The van der Waals surface area contributed by atoms with E-state index in [-0.39, 0.29) is 97.4 Å². The van der Waals surface area contributed by atoms with Gasteiger partial charge in [0.2, 0.25) is 23.6 Å². The molecule has 20 N–H and O–H groups in total. The Morgan fingerprint density at radius 1 is 0.551 bits per heavy atom. The number of hydrogen-bond acceptors (Lipinski definition) is 34. The van der Waals surface area contributed by atoms with Crippen LogP contribution in [-0.2, 0) is 114 Å². The third-order valence-corrected chi connectivity index (χ3v) is 25.8. The fourth-order valence-electron chi connectivity index (χ4n) is 12.7. The average Bonchev–Trinajstić information content (AvgIpc) is 1.62. The molecule has 4 amide bonds. The lowest BCUT2D eigenvalue weighted by molar-refractivity contribution is -0.137. The number of nitrogens with two attached hydrogens (primary N) is 2. The van der Waals surface area contributed by atoms with Crippen molar-refractivity contribution in [1.29, 1.82) is 0 Å². The molecule has 2 saturated heterocycles. The Balaban J connectivity index is 0.640. The monoisotopic (exact) mass is 1790 g/mol. The fraction of sp³-hybridized carbons (Fsp3) is 0.656. The first-order valence-corrected chi connectivity index (χ1v) is 45.8. The molecular weight excluding hydrogens is 1690 g/mol. The summed E-state index contributed by atoms with van der Waals surface area (Å²) in [6.45, 7) is 3.85. The zero-order valence-corrected chi connectivity index (χ0v) is 70.1. The molecule has 4 aromatic heterocycles. The standard InChI is InChI=1S/C64H100N14O34P6/c1-61(2,41(79)16-24-67-43(81)18-26-69-57(87)51(85)62(3,4)31-105-117(99,100)111-115(95,96)103-29-39-49(109-113(89,90)91)47(83)59(107-39)77-35-75-45-53(65)71-33-73-55(45)77)20-9-7-12-37-14-11-15-38(28-37)13-8-10-21-64(22-23-64)42(80)17-25-68-44(82)19-27-70-58(88)52(86)63(5,6)32-106-118(101,102)112-116(97,98)104-30-40-50(110-114(92,93)94)48(84)60(108-40)78-36-76-46-54(66)72-34-74-56(46)78/h11,14-15,28,33-36,39-40,47-52,59-60,83-86H,7-10,12-13,16-27,29-32H2,1-6H3,(H,67,81)(H,68,82)(H,69,87)(H,70,88)(H,95,96)(H,97,98)(H,99,100)(H,101,102)(H2,65,71,73)(H2,66,72,74)(H2,89,90,91)(H2,92,93,94). The number of phosphoric acid groups is 6. The minimum absolute atomic E-state index is 0.00353. The van der Waals surface area contributed by atoms with Gasteiger partial charge in [0.05, 0.1) is 39.1 Å². The first-order chi connectivity index (χ1) is 54.8. The van der Waals surface area contributed by atoms with Crippen LogP contribution >= 0.6 is 46.9 Å². The Labute approximate surface area is 673 Å². The van der Waals surface area contributed by atoms with Crippen LogP contribution in [0.2, 0.25) is 0 Å². The number of nitrogens with zero attached hydrogens (tertiary/aromatic N) is 8. The number of aryl methyl sites for hydroxylation is 2. The Bertz CT molecular complexity index is 4410. The molecule has 2 aliphatic heterocycles. The van der Waals surface area contributed by atoms with Gasteiger partial charge in [-0.1, -0.05) is 78.6 Å². The summed E-state index contributed by atoms with van der Waals surface area (Å²) >= 11 is 0. The molecule has 1 aromatic carbocycles. The number of rotatable bonds is 50. The lowest BCUT2D eigenvalue weighted by Crippen LogP contribution is -2.46. The SMILES string of the molecule is CC(C)(CCCCc1cccc(CCCCC2(C(=O)CCNC(=O)CCNC(=O)C(O)C(C)(C)COP(=O)(O)OP(=O)(O)OCC3OC(n4cnc5c(N)ncnc54)C(O)C3OP(=O)(O)O)CC2)c1)C(=O)CCNC(=O)CCNC(=O)C(O)C(C)(C)COP(=O)(O)OP(=O)(O)OCC1OC(n2cnc3c(N)ncnc32)C(O)C1OP(=O)(O)O. The number of phosphoric ester groups is 6. The number of aliphatic hydroxyl groups is 4. The van der Waals surface area contributed by atoms with Crippen LogP contribution < -0.4 is 32.7 Å². The number of nitrogens with one attached hydrogen (secondary N) is 4. The van der Waals surface area contributed by atoms with E-state index in [9.17, 15) is 116 Å². The van der Waals surface area contributed by atoms with Gasteiger partial charge in [0.25, 0.3) is 0 Å². The maximum atomic E-state index is 13.4. The lowest BCUT2D eigenvalue weighted by atomic mass is 9.81. The molecule has 14 atom stereocenters. The highest BCUT2D eigenvalue weighted by molar-refractivity contribution is 7.61. The Morgan fingerprint density at radius 3 is 1.36 bits per heavy atom. The highest BCUT2D eigenvalue weighted by Crippen LogP contribution is 2.63. The minimum Gasteiger partial charge on any atom is -0.386 e.